The maximum atomic E-state index is 13.3. The molecular formula is C22H23N3O5S. The number of thiophene rings is 1. The van der Waals surface area contributed by atoms with Crippen LogP contribution in [0.3, 0.4) is 0 Å². The van der Waals surface area contributed by atoms with Gasteiger partial charge in [0, 0.05) is 13.1 Å². The van der Waals surface area contributed by atoms with E-state index >= 15 is 0 Å². The van der Waals surface area contributed by atoms with Crippen LogP contribution in [0.2, 0.25) is 0 Å². The molecule has 0 spiro atoms. The van der Waals surface area contributed by atoms with E-state index in [2.05, 4.69) is 0 Å². The summed E-state index contributed by atoms with van der Waals surface area (Å²) in [5.41, 5.74) is -0.0616. The molecule has 0 N–H and O–H groups in total. The lowest BCUT2D eigenvalue weighted by molar-refractivity contribution is -0.151. The predicted molar refractivity (Wildman–Crippen MR) is 118 cm³/mol. The first kappa shape index (κ1) is 21.0. The molecular weight excluding hydrogens is 418 g/mol. The van der Waals surface area contributed by atoms with E-state index in [-0.39, 0.29) is 30.9 Å². The third kappa shape index (κ3) is 4.05. The number of piperidine rings is 1. The highest BCUT2D eigenvalue weighted by atomic mass is 32.1. The molecule has 0 radical (unpaired) electrons. The van der Waals surface area contributed by atoms with Gasteiger partial charge in [0.05, 0.1) is 23.7 Å². The van der Waals surface area contributed by atoms with Gasteiger partial charge in [-0.15, -0.1) is 11.3 Å². The molecule has 1 amide bonds. The van der Waals surface area contributed by atoms with Crippen LogP contribution in [-0.2, 0) is 20.9 Å². The smallest absolute Gasteiger partial charge is 0.336 e. The number of carbonyl (C=O) groups is 2. The van der Waals surface area contributed by atoms with E-state index in [0.29, 0.717) is 41.9 Å². The van der Waals surface area contributed by atoms with Gasteiger partial charge in [-0.25, -0.2) is 9.36 Å². The lowest BCUT2D eigenvalue weighted by atomic mass is 9.98. The van der Waals surface area contributed by atoms with Crippen molar-refractivity contribution in [1.29, 1.82) is 0 Å². The zero-order chi connectivity index (χ0) is 22.0. The SMILES string of the molecule is CCOC(=O)[C@H]1CCCN(C(=O)Cn2c(=O)n(-c3ccccc3)c(=O)c3sccc32)C1. The molecule has 3 aromatic rings. The minimum atomic E-state index is -0.561. The summed E-state index contributed by atoms with van der Waals surface area (Å²) in [5.74, 6) is -0.911. The van der Waals surface area contributed by atoms with Gasteiger partial charge in [0.25, 0.3) is 5.56 Å². The summed E-state index contributed by atoms with van der Waals surface area (Å²) in [7, 11) is 0. The van der Waals surface area contributed by atoms with Gasteiger partial charge >= 0.3 is 11.7 Å². The topological polar surface area (TPSA) is 90.6 Å². The molecule has 31 heavy (non-hydrogen) atoms. The van der Waals surface area contributed by atoms with Gasteiger partial charge in [0.15, 0.2) is 0 Å². The molecule has 1 saturated heterocycles. The van der Waals surface area contributed by atoms with Gasteiger partial charge in [-0.1, -0.05) is 18.2 Å². The van der Waals surface area contributed by atoms with Gasteiger partial charge < -0.3 is 9.64 Å². The number of carbonyl (C=O) groups excluding carboxylic acids is 2. The molecule has 2 aromatic heterocycles. The lowest BCUT2D eigenvalue weighted by Gasteiger charge is -2.31. The van der Waals surface area contributed by atoms with E-state index in [4.69, 9.17) is 4.74 Å². The summed E-state index contributed by atoms with van der Waals surface area (Å²) >= 11 is 1.24. The van der Waals surface area contributed by atoms with Crippen LogP contribution < -0.4 is 11.2 Å². The van der Waals surface area contributed by atoms with Crippen molar-refractivity contribution in [2.45, 2.75) is 26.3 Å². The number of likely N-dealkylation sites (tertiary alicyclic amines) is 1. The van der Waals surface area contributed by atoms with Crippen molar-refractivity contribution in [3.63, 3.8) is 0 Å². The Morgan fingerprint density at radius 2 is 1.94 bits per heavy atom. The summed E-state index contributed by atoms with van der Waals surface area (Å²) in [6.45, 7) is 2.65. The maximum Gasteiger partial charge on any atom is 0.336 e. The number of esters is 1. The molecule has 0 bridgehead atoms. The Balaban J connectivity index is 1.68. The predicted octanol–water partition coefficient (Wildman–Crippen LogP) is 2.02. The highest BCUT2D eigenvalue weighted by Crippen LogP contribution is 2.20. The fourth-order valence-electron chi connectivity index (χ4n) is 3.94. The summed E-state index contributed by atoms with van der Waals surface area (Å²) in [6, 6.07) is 10.3. The average Bonchev–Trinajstić information content (AvgIpc) is 3.28. The molecule has 1 aliphatic heterocycles. The van der Waals surface area contributed by atoms with Crippen molar-refractivity contribution < 1.29 is 14.3 Å². The first-order valence-electron chi connectivity index (χ1n) is 10.2. The van der Waals surface area contributed by atoms with Gasteiger partial charge in [0.1, 0.15) is 11.2 Å². The zero-order valence-electron chi connectivity index (χ0n) is 17.2. The Kier molecular flexibility index (Phi) is 6.03. The molecule has 1 aliphatic rings. The van der Waals surface area contributed by atoms with E-state index < -0.39 is 11.2 Å². The maximum absolute atomic E-state index is 13.3. The van der Waals surface area contributed by atoms with E-state index in [0.717, 1.165) is 4.57 Å². The van der Waals surface area contributed by atoms with E-state index in [1.54, 1.807) is 53.6 Å². The Labute approximate surface area is 182 Å². The number of benzene rings is 1. The number of ether oxygens (including phenoxy) is 1. The summed E-state index contributed by atoms with van der Waals surface area (Å²) < 4.78 is 7.96. The normalized spacial score (nSPS) is 16.4. The Morgan fingerprint density at radius 1 is 1.16 bits per heavy atom. The monoisotopic (exact) mass is 441 g/mol. The van der Waals surface area contributed by atoms with Crippen LogP contribution in [0.4, 0.5) is 0 Å². The van der Waals surface area contributed by atoms with Crippen molar-refractivity contribution in [3.05, 3.63) is 62.6 Å². The molecule has 1 atom stereocenters. The number of amides is 1. The standard InChI is InChI=1S/C22H23N3O5S/c1-2-30-21(28)15-7-6-11-23(13-15)18(26)14-24-17-10-12-31-19(17)20(27)25(22(24)29)16-8-4-3-5-9-16/h3-5,8-10,12,15H,2,6-7,11,13-14H2,1H3/t15-/m0/s1. The van der Waals surface area contributed by atoms with E-state index in [9.17, 15) is 19.2 Å². The first-order chi connectivity index (χ1) is 15.0. The highest BCUT2D eigenvalue weighted by molar-refractivity contribution is 7.17. The second-order valence-electron chi connectivity index (χ2n) is 7.41. The number of aromatic nitrogens is 2. The van der Waals surface area contributed by atoms with Crippen LogP contribution in [0.15, 0.2) is 51.4 Å². The number of fused-ring (bicyclic) bond motifs is 1. The Morgan fingerprint density at radius 3 is 2.68 bits per heavy atom. The van der Waals surface area contributed by atoms with Crippen LogP contribution in [0.5, 0.6) is 0 Å². The second-order valence-corrected chi connectivity index (χ2v) is 8.33. The first-order valence-corrected chi connectivity index (χ1v) is 11.1. The summed E-state index contributed by atoms with van der Waals surface area (Å²) in [6.07, 6.45) is 1.37. The van der Waals surface area contributed by atoms with Gasteiger partial charge in [-0.2, -0.15) is 0 Å². The third-order valence-electron chi connectivity index (χ3n) is 5.46. The number of hydrogen-bond donors (Lipinski definition) is 0. The highest BCUT2D eigenvalue weighted by Gasteiger charge is 2.30. The fourth-order valence-corrected chi connectivity index (χ4v) is 4.76. The van der Waals surface area contributed by atoms with Crippen LogP contribution in [0.25, 0.3) is 15.9 Å². The fraction of sp³-hybridized carbons (Fsp3) is 0.364. The van der Waals surface area contributed by atoms with Crippen LogP contribution >= 0.6 is 11.3 Å². The zero-order valence-corrected chi connectivity index (χ0v) is 18.0. The molecule has 0 saturated carbocycles. The third-order valence-corrected chi connectivity index (χ3v) is 6.35. The molecule has 162 valence electrons. The van der Waals surface area contributed by atoms with Crippen molar-refractivity contribution in [2.24, 2.45) is 5.92 Å². The largest absolute Gasteiger partial charge is 0.466 e. The van der Waals surface area contributed by atoms with Crippen molar-refractivity contribution >= 4 is 33.4 Å². The molecule has 1 fully saturated rings. The molecule has 0 aliphatic carbocycles. The number of hydrogen-bond acceptors (Lipinski definition) is 6. The molecule has 0 unspecified atom stereocenters. The van der Waals surface area contributed by atoms with Crippen molar-refractivity contribution in [2.75, 3.05) is 19.7 Å². The lowest BCUT2D eigenvalue weighted by Crippen LogP contribution is -2.46. The van der Waals surface area contributed by atoms with Gasteiger partial charge in [0.2, 0.25) is 5.91 Å². The van der Waals surface area contributed by atoms with Crippen LogP contribution in [-0.4, -0.2) is 45.6 Å². The minimum Gasteiger partial charge on any atom is -0.466 e. The van der Waals surface area contributed by atoms with Crippen LogP contribution in [0, 0.1) is 5.92 Å². The van der Waals surface area contributed by atoms with E-state index in [1.807, 2.05) is 0 Å². The Hall–Kier alpha value is -3.20. The quantitative estimate of drug-likeness (QED) is 0.565. The summed E-state index contributed by atoms with van der Waals surface area (Å²) in [4.78, 5) is 53.0. The van der Waals surface area contributed by atoms with Crippen molar-refractivity contribution in [3.8, 4) is 5.69 Å². The minimum absolute atomic E-state index is 0.200. The molecule has 8 nitrogen and oxygen atoms in total. The van der Waals surface area contributed by atoms with Gasteiger partial charge in [-0.3, -0.25) is 19.0 Å². The average molecular weight is 442 g/mol. The van der Waals surface area contributed by atoms with Gasteiger partial charge in [-0.05, 0) is 43.3 Å². The van der Waals surface area contributed by atoms with E-state index in [1.165, 1.54) is 15.9 Å². The molecule has 3 heterocycles. The second kappa shape index (κ2) is 8.89. The molecule has 9 heteroatoms. The summed E-state index contributed by atoms with van der Waals surface area (Å²) in [5, 5.41) is 1.74. The molecule has 1 aromatic carbocycles. The number of para-hydroxylation sites is 1. The number of nitrogens with zero attached hydrogens (tertiary/aromatic N) is 3. The Bertz CT molecular complexity index is 1230. The molecule has 4 rings (SSSR count). The number of rotatable bonds is 5. The van der Waals surface area contributed by atoms with Crippen LogP contribution in [0.1, 0.15) is 19.8 Å². The van der Waals surface area contributed by atoms with Crippen molar-refractivity contribution in [1.82, 2.24) is 14.0 Å².